The first-order chi connectivity index (χ1) is 12.2. The Labute approximate surface area is 147 Å². The summed E-state index contributed by atoms with van der Waals surface area (Å²) in [4.78, 5) is 16.8. The van der Waals surface area contributed by atoms with Crippen LogP contribution in [0, 0.1) is 0 Å². The van der Waals surface area contributed by atoms with Crippen LogP contribution in [0.5, 0.6) is 5.75 Å². The highest BCUT2D eigenvalue weighted by atomic mass is 32.1. The van der Waals surface area contributed by atoms with Crippen molar-refractivity contribution < 1.29 is 9.15 Å². The van der Waals surface area contributed by atoms with Crippen LogP contribution in [-0.4, -0.2) is 12.1 Å². The minimum Gasteiger partial charge on any atom is -0.497 e. The molecule has 0 fully saturated rings. The number of methoxy groups -OCH3 is 1. The molecule has 0 aliphatic heterocycles. The van der Waals surface area contributed by atoms with Gasteiger partial charge in [-0.15, -0.1) is 11.3 Å². The molecule has 4 rings (SSSR count). The number of rotatable bonds is 4. The topological polar surface area (TPSA) is 64.4 Å². The van der Waals surface area contributed by atoms with Crippen molar-refractivity contribution in [3.05, 3.63) is 70.4 Å². The Morgan fingerprint density at radius 1 is 1.12 bits per heavy atom. The zero-order valence-corrected chi connectivity index (χ0v) is 14.2. The second kappa shape index (κ2) is 6.41. The zero-order valence-electron chi connectivity index (χ0n) is 13.4. The fraction of sp³-hybridized carbons (Fsp3) is 0.0526. The molecule has 2 heterocycles. The highest BCUT2D eigenvalue weighted by molar-refractivity contribution is 7.14. The van der Waals surface area contributed by atoms with Crippen LogP contribution in [0.3, 0.4) is 0 Å². The maximum atomic E-state index is 12.3. The van der Waals surface area contributed by atoms with Gasteiger partial charge < -0.3 is 14.5 Å². The lowest BCUT2D eigenvalue weighted by Gasteiger charge is -2.03. The maximum absolute atomic E-state index is 12.3. The van der Waals surface area contributed by atoms with E-state index in [0.29, 0.717) is 22.6 Å². The summed E-state index contributed by atoms with van der Waals surface area (Å²) in [6.45, 7) is 0. The number of hydrogen-bond donors (Lipinski definition) is 1. The monoisotopic (exact) mass is 350 g/mol. The van der Waals surface area contributed by atoms with Gasteiger partial charge in [0.25, 0.3) is 0 Å². The summed E-state index contributed by atoms with van der Waals surface area (Å²) < 4.78 is 10.6. The van der Waals surface area contributed by atoms with E-state index < -0.39 is 5.63 Å². The van der Waals surface area contributed by atoms with Crippen LogP contribution < -0.4 is 15.7 Å². The lowest BCUT2D eigenvalue weighted by atomic mass is 10.1. The van der Waals surface area contributed by atoms with Gasteiger partial charge in [0.15, 0.2) is 5.13 Å². The van der Waals surface area contributed by atoms with E-state index >= 15 is 0 Å². The molecule has 0 bridgehead atoms. The van der Waals surface area contributed by atoms with Crippen molar-refractivity contribution in [1.82, 2.24) is 4.98 Å². The molecule has 0 aliphatic rings. The van der Waals surface area contributed by atoms with Gasteiger partial charge in [0.2, 0.25) is 0 Å². The van der Waals surface area contributed by atoms with Gasteiger partial charge in [0.1, 0.15) is 11.3 Å². The van der Waals surface area contributed by atoms with Crippen LogP contribution in [0.25, 0.3) is 22.2 Å². The molecule has 0 spiro atoms. The maximum Gasteiger partial charge on any atom is 0.345 e. The van der Waals surface area contributed by atoms with Gasteiger partial charge in [-0.25, -0.2) is 9.78 Å². The molecule has 0 saturated carbocycles. The first kappa shape index (κ1) is 15.4. The molecular formula is C19H14N2O3S. The third kappa shape index (κ3) is 3.12. The summed E-state index contributed by atoms with van der Waals surface area (Å²) in [5.74, 6) is 0.645. The highest BCUT2D eigenvalue weighted by Crippen LogP contribution is 2.28. The van der Waals surface area contributed by atoms with E-state index in [2.05, 4.69) is 10.3 Å². The van der Waals surface area contributed by atoms with Crippen LogP contribution in [0.4, 0.5) is 10.8 Å². The largest absolute Gasteiger partial charge is 0.497 e. The van der Waals surface area contributed by atoms with Gasteiger partial charge in [0.05, 0.1) is 18.4 Å². The molecule has 0 aliphatic carbocycles. The van der Waals surface area contributed by atoms with Crippen LogP contribution in [0.2, 0.25) is 0 Å². The zero-order chi connectivity index (χ0) is 17.2. The summed E-state index contributed by atoms with van der Waals surface area (Å²) in [6.07, 6.45) is 0. The lowest BCUT2D eigenvalue weighted by molar-refractivity contribution is 0.414. The molecule has 1 N–H and O–H groups in total. The van der Waals surface area contributed by atoms with E-state index in [4.69, 9.17) is 9.15 Å². The summed E-state index contributed by atoms with van der Waals surface area (Å²) in [7, 11) is 1.57. The lowest BCUT2D eigenvalue weighted by Crippen LogP contribution is -2.03. The first-order valence-electron chi connectivity index (χ1n) is 7.63. The number of fused-ring (bicyclic) bond motifs is 1. The predicted molar refractivity (Wildman–Crippen MR) is 99.9 cm³/mol. The molecule has 2 aromatic carbocycles. The second-order valence-electron chi connectivity index (χ2n) is 5.38. The number of thiazole rings is 1. The summed E-state index contributed by atoms with van der Waals surface area (Å²) >= 11 is 1.44. The Balaban J connectivity index is 1.70. The van der Waals surface area contributed by atoms with Crippen molar-refractivity contribution in [2.24, 2.45) is 0 Å². The quantitative estimate of drug-likeness (QED) is 0.542. The Kier molecular flexibility index (Phi) is 3.95. The molecule has 0 radical (unpaired) electrons. The van der Waals surface area contributed by atoms with E-state index in [1.165, 1.54) is 11.3 Å². The van der Waals surface area contributed by atoms with Crippen molar-refractivity contribution >= 4 is 33.1 Å². The Hall–Kier alpha value is -3.12. The van der Waals surface area contributed by atoms with Crippen molar-refractivity contribution in [2.45, 2.75) is 0 Å². The average molecular weight is 350 g/mol. The van der Waals surface area contributed by atoms with Crippen LogP contribution in [-0.2, 0) is 0 Å². The number of nitrogens with zero attached hydrogens (tertiary/aromatic N) is 1. The summed E-state index contributed by atoms with van der Waals surface area (Å²) in [6, 6.07) is 16.9. The van der Waals surface area contributed by atoms with E-state index in [1.54, 1.807) is 19.2 Å². The normalized spacial score (nSPS) is 10.8. The fourth-order valence-electron chi connectivity index (χ4n) is 2.50. The van der Waals surface area contributed by atoms with Crippen molar-refractivity contribution in [3.8, 4) is 17.0 Å². The van der Waals surface area contributed by atoms with E-state index in [1.807, 2.05) is 47.8 Å². The van der Waals surface area contributed by atoms with Crippen molar-refractivity contribution in [3.63, 3.8) is 0 Å². The summed E-state index contributed by atoms with van der Waals surface area (Å²) in [5.41, 5.74) is 2.05. The van der Waals surface area contributed by atoms with Gasteiger partial charge in [-0.2, -0.15) is 0 Å². The number of hydrogen-bond acceptors (Lipinski definition) is 6. The molecule has 4 aromatic rings. The minimum absolute atomic E-state index is 0.419. The first-order valence-corrected chi connectivity index (χ1v) is 8.51. The Bertz CT molecular complexity index is 1090. The van der Waals surface area contributed by atoms with Gasteiger partial charge in [0, 0.05) is 22.5 Å². The number of ether oxygens (including phenoxy) is 1. The number of aromatic nitrogens is 1. The average Bonchev–Trinajstić information content (AvgIpc) is 3.09. The third-order valence-electron chi connectivity index (χ3n) is 3.75. The highest BCUT2D eigenvalue weighted by Gasteiger charge is 2.12. The standard InChI is InChI=1S/C19H14N2O3S/c1-23-14-8-7-12-9-15(18(22)24-17(12)10-14)16-11-25-19(21-16)20-13-5-3-2-4-6-13/h2-11H,1H3,(H,20,21). The van der Waals surface area contributed by atoms with Crippen molar-refractivity contribution in [1.29, 1.82) is 0 Å². The van der Waals surface area contributed by atoms with Gasteiger partial charge in [-0.05, 0) is 30.3 Å². The molecular weight excluding hydrogens is 336 g/mol. The van der Waals surface area contributed by atoms with Crippen molar-refractivity contribution in [2.75, 3.05) is 12.4 Å². The molecule has 0 saturated heterocycles. The van der Waals surface area contributed by atoms with Gasteiger partial charge >= 0.3 is 5.63 Å². The molecule has 0 amide bonds. The minimum atomic E-state index is -0.419. The predicted octanol–water partition coefficient (Wildman–Crippen LogP) is 4.67. The molecule has 124 valence electrons. The second-order valence-corrected chi connectivity index (χ2v) is 6.24. The SMILES string of the molecule is COc1ccc2cc(-c3csc(Nc4ccccc4)n3)c(=O)oc2c1. The van der Waals surface area contributed by atoms with Crippen LogP contribution in [0.1, 0.15) is 0 Å². The number of benzene rings is 2. The van der Waals surface area contributed by atoms with Gasteiger partial charge in [-0.1, -0.05) is 18.2 Å². The number of nitrogens with one attached hydrogen (secondary N) is 1. The molecule has 5 nitrogen and oxygen atoms in total. The fourth-order valence-corrected chi connectivity index (χ4v) is 3.23. The molecule has 6 heteroatoms. The molecule has 0 unspecified atom stereocenters. The molecule has 25 heavy (non-hydrogen) atoms. The summed E-state index contributed by atoms with van der Waals surface area (Å²) in [5, 5.41) is 6.60. The number of para-hydroxylation sites is 1. The smallest absolute Gasteiger partial charge is 0.345 e. The Morgan fingerprint density at radius 2 is 1.96 bits per heavy atom. The van der Waals surface area contributed by atoms with Crippen LogP contribution >= 0.6 is 11.3 Å². The van der Waals surface area contributed by atoms with Crippen LogP contribution in [0.15, 0.2) is 69.2 Å². The van der Waals surface area contributed by atoms with E-state index in [9.17, 15) is 4.79 Å². The molecule has 0 atom stereocenters. The van der Waals surface area contributed by atoms with E-state index in [-0.39, 0.29) is 0 Å². The molecule has 2 aromatic heterocycles. The van der Waals surface area contributed by atoms with E-state index in [0.717, 1.165) is 16.2 Å². The Morgan fingerprint density at radius 3 is 2.76 bits per heavy atom. The third-order valence-corrected chi connectivity index (χ3v) is 4.51. The van der Waals surface area contributed by atoms with Gasteiger partial charge in [-0.3, -0.25) is 0 Å². The number of anilines is 2.